The van der Waals surface area contributed by atoms with Crippen LogP contribution in [0, 0.1) is 0 Å². The standard InChI is InChI=1S/C14H18N2/c1-3-11-5-6-14-13(9-11)12(10-16-14)7-8-15-4-2/h4-6,9-10,15-16H,2-3,7-8H2,1H3. The van der Waals surface area contributed by atoms with Crippen LogP contribution in [0.15, 0.2) is 37.2 Å². The molecule has 0 spiro atoms. The lowest BCUT2D eigenvalue weighted by Gasteiger charge is -2.01. The molecule has 2 nitrogen and oxygen atoms in total. The van der Waals surface area contributed by atoms with Gasteiger partial charge >= 0.3 is 0 Å². The van der Waals surface area contributed by atoms with E-state index < -0.39 is 0 Å². The first-order valence-corrected chi connectivity index (χ1v) is 5.78. The average molecular weight is 214 g/mol. The van der Waals surface area contributed by atoms with E-state index in [1.54, 1.807) is 6.20 Å². The maximum atomic E-state index is 3.65. The van der Waals surface area contributed by atoms with Crippen LogP contribution in [0.25, 0.3) is 10.9 Å². The van der Waals surface area contributed by atoms with E-state index in [2.05, 4.69) is 48.2 Å². The van der Waals surface area contributed by atoms with Crippen LogP contribution in [0.5, 0.6) is 0 Å². The van der Waals surface area contributed by atoms with Crippen molar-refractivity contribution in [2.24, 2.45) is 0 Å². The maximum Gasteiger partial charge on any atom is 0.0456 e. The minimum atomic E-state index is 0.937. The van der Waals surface area contributed by atoms with E-state index in [0.717, 1.165) is 19.4 Å². The highest BCUT2D eigenvalue weighted by Crippen LogP contribution is 2.20. The molecular weight excluding hydrogens is 196 g/mol. The van der Waals surface area contributed by atoms with Gasteiger partial charge < -0.3 is 10.3 Å². The summed E-state index contributed by atoms with van der Waals surface area (Å²) >= 11 is 0. The molecule has 84 valence electrons. The van der Waals surface area contributed by atoms with E-state index in [1.807, 2.05) is 0 Å². The van der Waals surface area contributed by atoms with Crippen molar-refractivity contribution in [3.8, 4) is 0 Å². The fourth-order valence-corrected chi connectivity index (χ4v) is 1.96. The molecule has 0 unspecified atom stereocenters. The highest BCUT2D eigenvalue weighted by molar-refractivity contribution is 5.83. The van der Waals surface area contributed by atoms with Gasteiger partial charge in [0.25, 0.3) is 0 Å². The highest BCUT2D eigenvalue weighted by atomic mass is 14.8. The fraction of sp³-hybridized carbons (Fsp3) is 0.286. The predicted molar refractivity (Wildman–Crippen MR) is 69.6 cm³/mol. The number of H-pyrrole nitrogens is 1. The van der Waals surface area contributed by atoms with E-state index >= 15 is 0 Å². The largest absolute Gasteiger partial charge is 0.391 e. The lowest BCUT2D eigenvalue weighted by molar-refractivity contribution is 0.838. The fourth-order valence-electron chi connectivity index (χ4n) is 1.96. The Bertz CT molecular complexity index is 482. The minimum absolute atomic E-state index is 0.937. The summed E-state index contributed by atoms with van der Waals surface area (Å²) in [7, 11) is 0. The van der Waals surface area contributed by atoms with Crippen molar-refractivity contribution >= 4 is 10.9 Å². The quantitative estimate of drug-likeness (QED) is 0.736. The molecule has 2 heteroatoms. The van der Waals surface area contributed by atoms with Gasteiger partial charge in [-0.15, -0.1) is 0 Å². The third kappa shape index (κ3) is 2.11. The lowest BCUT2D eigenvalue weighted by Crippen LogP contribution is -2.08. The minimum Gasteiger partial charge on any atom is -0.391 e. The SMILES string of the molecule is C=CNCCc1c[nH]c2ccc(CC)cc12. The number of aromatic amines is 1. The van der Waals surface area contributed by atoms with Gasteiger partial charge in [0.2, 0.25) is 0 Å². The number of benzene rings is 1. The van der Waals surface area contributed by atoms with Gasteiger partial charge in [0, 0.05) is 23.6 Å². The molecule has 0 fully saturated rings. The summed E-state index contributed by atoms with van der Waals surface area (Å²) in [5.41, 5.74) is 4.00. The van der Waals surface area contributed by atoms with E-state index in [0.29, 0.717) is 0 Å². The molecule has 0 saturated carbocycles. The zero-order valence-electron chi connectivity index (χ0n) is 9.72. The molecule has 0 amide bonds. The van der Waals surface area contributed by atoms with Crippen LogP contribution < -0.4 is 5.32 Å². The zero-order chi connectivity index (χ0) is 11.4. The Balaban J connectivity index is 2.27. The van der Waals surface area contributed by atoms with Crippen LogP contribution >= 0.6 is 0 Å². The molecule has 0 saturated heterocycles. The second kappa shape index (κ2) is 4.88. The third-order valence-electron chi connectivity index (χ3n) is 2.92. The molecule has 2 N–H and O–H groups in total. The van der Waals surface area contributed by atoms with Crippen LogP contribution in [-0.2, 0) is 12.8 Å². The summed E-state index contributed by atoms with van der Waals surface area (Å²) in [5, 5.41) is 4.48. The molecule has 0 atom stereocenters. The summed E-state index contributed by atoms with van der Waals surface area (Å²) in [5.74, 6) is 0. The second-order valence-electron chi connectivity index (χ2n) is 3.96. The van der Waals surface area contributed by atoms with Gasteiger partial charge in [-0.25, -0.2) is 0 Å². The molecule has 16 heavy (non-hydrogen) atoms. The Morgan fingerprint density at radius 1 is 1.44 bits per heavy atom. The van der Waals surface area contributed by atoms with Gasteiger partial charge in [-0.05, 0) is 42.3 Å². The Morgan fingerprint density at radius 2 is 2.31 bits per heavy atom. The van der Waals surface area contributed by atoms with Gasteiger partial charge in [0.1, 0.15) is 0 Å². The van der Waals surface area contributed by atoms with Gasteiger partial charge in [0.15, 0.2) is 0 Å². The topological polar surface area (TPSA) is 27.8 Å². The van der Waals surface area contributed by atoms with Gasteiger partial charge in [-0.3, -0.25) is 0 Å². The summed E-state index contributed by atoms with van der Waals surface area (Å²) in [6, 6.07) is 6.64. The Labute approximate surface area is 96.4 Å². The van der Waals surface area contributed by atoms with Gasteiger partial charge in [0.05, 0.1) is 0 Å². The first-order chi connectivity index (χ1) is 7.85. The van der Waals surface area contributed by atoms with Crippen molar-refractivity contribution in [3.63, 3.8) is 0 Å². The number of aromatic nitrogens is 1. The highest BCUT2D eigenvalue weighted by Gasteiger charge is 2.03. The molecule has 1 aromatic carbocycles. The summed E-state index contributed by atoms with van der Waals surface area (Å²) in [6.07, 6.45) is 5.96. The van der Waals surface area contributed by atoms with Gasteiger partial charge in [-0.1, -0.05) is 19.6 Å². The summed E-state index contributed by atoms with van der Waals surface area (Å²) in [6.45, 7) is 6.77. The Morgan fingerprint density at radius 3 is 3.06 bits per heavy atom. The normalized spacial score (nSPS) is 10.6. The monoisotopic (exact) mass is 214 g/mol. The molecule has 1 aromatic heterocycles. The van der Waals surface area contributed by atoms with Crippen molar-refractivity contribution in [3.05, 3.63) is 48.3 Å². The summed E-state index contributed by atoms with van der Waals surface area (Å²) in [4.78, 5) is 3.31. The molecule has 0 aliphatic carbocycles. The first-order valence-electron chi connectivity index (χ1n) is 5.78. The number of nitrogens with one attached hydrogen (secondary N) is 2. The number of hydrogen-bond acceptors (Lipinski definition) is 1. The van der Waals surface area contributed by atoms with Crippen LogP contribution in [0.2, 0.25) is 0 Å². The molecule has 0 aliphatic heterocycles. The number of aryl methyl sites for hydroxylation is 1. The molecule has 2 rings (SSSR count). The number of fused-ring (bicyclic) bond motifs is 1. The van der Waals surface area contributed by atoms with E-state index in [9.17, 15) is 0 Å². The van der Waals surface area contributed by atoms with Crippen molar-refractivity contribution in [2.75, 3.05) is 6.54 Å². The van der Waals surface area contributed by atoms with Crippen LogP contribution in [0.4, 0.5) is 0 Å². The van der Waals surface area contributed by atoms with Crippen LogP contribution in [-0.4, -0.2) is 11.5 Å². The smallest absolute Gasteiger partial charge is 0.0456 e. The molecule has 0 bridgehead atoms. The number of rotatable bonds is 5. The van der Waals surface area contributed by atoms with Crippen molar-refractivity contribution < 1.29 is 0 Å². The predicted octanol–water partition coefficient (Wildman–Crippen LogP) is 3.01. The van der Waals surface area contributed by atoms with Crippen molar-refractivity contribution in [1.82, 2.24) is 10.3 Å². The van der Waals surface area contributed by atoms with E-state index in [1.165, 1.54) is 22.0 Å². The number of hydrogen-bond donors (Lipinski definition) is 2. The molecule has 0 aliphatic rings. The Hall–Kier alpha value is -1.70. The second-order valence-corrected chi connectivity index (χ2v) is 3.96. The molecular formula is C14H18N2. The van der Waals surface area contributed by atoms with Gasteiger partial charge in [-0.2, -0.15) is 0 Å². The van der Waals surface area contributed by atoms with Crippen molar-refractivity contribution in [1.29, 1.82) is 0 Å². The zero-order valence-corrected chi connectivity index (χ0v) is 9.72. The van der Waals surface area contributed by atoms with Crippen LogP contribution in [0.3, 0.4) is 0 Å². The first kappa shape index (κ1) is 10.8. The molecule has 0 radical (unpaired) electrons. The van der Waals surface area contributed by atoms with E-state index in [4.69, 9.17) is 0 Å². The van der Waals surface area contributed by atoms with Crippen molar-refractivity contribution in [2.45, 2.75) is 19.8 Å². The summed E-state index contributed by atoms with van der Waals surface area (Å²) < 4.78 is 0. The van der Waals surface area contributed by atoms with Crippen LogP contribution in [0.1, 0.15) is 18.1 Å². The third-order valence-corrected chi connectivity index (χ3v) is 2.92. The maximum absolute atomic E-state index is 3.65. The average Bonchev–Trinajstić information content (AvgIpc) is 2.72. The lowest BCUT2D eigenvalue weighted by atomic mass is 10.1. The molecule has 1 heterocycles. The Kier molecular flexibility index (Phi) is 3.30. The van der Waals surface area contributed by atoms with E-state index in [-0.39, 0.29) is 0 Å². The molecule has 2 aromatic rings.